The van der Waals surface area contributed by atoms with E-state index in [1.54, 1.807) is 12.1 Å². The molecule has 1 N–H and O–H groups in total. The average molecular weight is 276 g/mol. The van der Waals surface area contributed by atoms with Crippen LogP contribution in [0.4, 0.5) is 5.69 Å². The van der Waals surface area contributed by atoms with Gasteiger partial charge < -0.3 is 5.11 Å². The van der Waals surface area contributed by atoms with Gasteiger partial charge in [-0.05, 0) is 24.3 Å². The molecule has 1 aromatic heterocycles. The molecule has 19 heavy (non-hydrogen) atoms. The van der Waals surface area contributed by atoms with Crippen LogP contribution < -0.4 is 0 Å². The highest BCUT2D eigenvalue weighted by atomic mass is 32.2. The van der Waals surface area contributed by atoms with E-state index >= 15 is 0 Å². The van der Waals surface area contributed by atoms with Crippen LogP contribution in [-0.4, -0.2) is 21.0 Å². The molecule has 0 unspecified atom stereocenters. The van der Waals surface area contributed by atoms with E-state index in [0.717, 1.165) is 4.90 Å². The summed E-state index contributed by atoms with van der Waals surface area (Å²) >= 11 is 1.23. The Hall–Kier alpha value is -2.41. The van der Waals surface area contributed by atoms with Crippen LogP contribution >= 0.6 is 11.8 Å². The molecule has 1 heterocycles. The predicted molar refractivity (Wildman–Crippen MR) is 68.4 cm³/mol. The van der Waals surface area contributed by atoms with E-state index in [0.29, 0.717) is 5.03 Å². The number of benzene rings is 1. The number of rotatable bonds is 4. The number of nitrogens with zero attached hydrogens (tertiary/aromatic N) is 2. The fraction of sp³-hybridized carbons (Fsp3) is 0. The molecule has 0 fully saturated rings. The standard InChI is InChI=1S/C12H8N2O4S/c15-12(16)8-1-3-10(4-2-8)19-11-7-9(14(17)18)5-6-13-11/h1-7H,(H,15,16). The molecule has 1 aromatic carbocycles. The lowest BCUT2D eigenvalue weighted by molar-refractivity contribution is -0.385. The van der Waals surface area contributed by atoms with Crippen LogP contribution in [-0.2, 0) is 0 Å². The van der Waals surface area contributed by atoms with Crippen LogP contribution in [0.3, 0.4) is 0 Å². The fourth-order valence-corrected chi connectivity index (χ4v) is 2.16. The Labute approximate surface area is 112 Å². The SMILES string of the molecule is O=C(O)c1ccc(Sc2cc([N+](=O)[O-])ccn2)cc1. The summed E-state index contributed by atoms with van der Waals surface area (Å²) in [7, 11) is 0. The van der Waals surface area contributed by atoms with Crippen molar-refractivity contribution in [3.63, 3.8) is 0 Å². The Morgan fingerprint density at radius 2 is 1.95 bits per heavy atom. The number of aromatic nitrogens is 1. The van der Waals surface area contributed by atoms with Gasteiger partial charge in [0.25, 0.3) is 5.69 Å². The zero-order chi connectivity index (χ0) is 13.8. The summed E-state index contributed by atoms with van der Waals surface area (Å²) in [4.78, 5) is 25.6. The number of carbonyl (C=O) groups is 1. The summed E-state index contributed by atoms with van der Waals surface area (Å²) in [5.74, 6) is -0.995. The molecule has 0 radical (unpaired) electrons. The first-order valence-corrected chi connectivity index (χ1v) is 5.99. The van der Waals surface area contributed by atoms with Gasteiger partial charge in [0.05, 0.1) is 10.5 Å². The van der Waals surface area contributed by atoms with Crippen LogP contribution in [0.1, 0.15) is 10.4 Å². The molecule has 0 saturated heterocycles. The summed E-state index contributed by atoms with van der Waals surface area (Å²) < 4.78 is 0. The normalized spacial score (nSPS) is 10.1. The maximum absolute atomic E-state index is 10.7. The Balaban J connectivity index is 2.19. The summed E-state index contributed by atoms with van der Waals surface area (Å²) in [6.45, 7) is 0. The Kier molecular flexibility index (Phi) is 3.76. The number of carboxylic acids is 1. The molecule has 7 heteroatoms. The Morgan fingerprint density at radius 1 is 1.26 bits per heavy atom. The number of aromatic carboxylic acids is 1. The summed E-state index contributed by atoms with van der Waals surface area (Å²) in [5.41, 5.74) is 0.163. The van der Waals surface area contributed by atoms with Crippen LogP contribution in [0.5, 0.6) is 0 Å². The minimum absolute atomic E-state index is 0.0281. The second kappa shape index (κ2) is 5.49. The van der Waals surface area contributed by atoms with Gasteiger partial charge in [-0.15, -0.1) is 0 Å². The van der Waals surface area contributed by atoms with Crippen molar-refractivity contribution in [2.24, 2.45) is 0 Å². The molecule has 0 atom stereocenters. The maximum Gasteiger partial charge on any atom is 0.335 e. The van der Waals surface area contributed by atoms with Gasteiger partial charge in [0, 0.05) is 23.2 Å². The molecule has 2 aromatic rings. The van der Waals surface area contributed by atoms with Gasteiger partial charge in [0.2, 0.25) is 0 Å². The first kappa shape index (κ1) is 13.0. The van der Waals surface area contributed by atoms with Gasteiger partial charge in [0.15, 0.2) is 0 Å². The third kappa shape index (κ3) is 3.29. The third-order valence-electron chi connectivity index (χ3n) is 2.25. The van der Waals surface area contributed by atoms with E-state index in [9.17, 15) is 14.9 Å². The lowest BCUT2D eigenvalue weighted by atomic mass is 10.2. The monoisotopic (exact) mass is 276 g/mol. The third-order valence-corrected chi connectivity index (χ3v) is 3.19. The van der Waals surface area contributed by atoms with Crippen molar-refractivity contribution in [3.05, 3.63) is 58.3 Å². The van der Waals surface area contributed by atoms with Gasteiger partial charge >= 0.3 is 5.97 Å². The number of hydrogen-bond acceptors (Lipinski definition) is 5. The van der Waals surface area contributed by atoms with Crippen molar-refractivity contribution < 1.29 is 14.8 Å². The summed E-state index contributed by atoms with van der Waals surface area (Å²) in [6.07, 6.45) is 1.37. The van der Waals surface area contributed by atoms with E-state index in [-0.39, 0.29) is 11.3 Å². The van der Waals surface area contributed by atoms with Gasteiger partial charge in [-0.1, -0.05) is 11.8 Å². The maximum atomic E-state index is 10.7. The minimum Gasteiger partial charge on any atom is -0.478 e. The van der Waals surface area contributed by atoms with Gasteiger partial charge in [0.1, 0.15) is 5.03 Å². The van der Waals surface area contributed by atoms with E-state index < -0.39 is 10.9 Å². The first-order valence-electron chi connectivity index (χ1n) is 5.18. The molecule has 0 bridgehead atoms. The summed E-state index contributed by atoms with van der Waals surface area (Å²) in [5, 5.41) is 19.9. The van der Waals surface area contributed by atoms with Crippen molar-refractivity contribution in [1.29, 1.82) is 0 Å². The number of carboxylic acid groups (broad SMARTS) is 1. The van der Waals surface area contributed by atoms with E-state index in [4.69, 9.17) is 5.11 Å². The topological polar surface area (TPSA) is 93.3 Å². The van der Waals surface area contributed by atoms with Crippen LogP contribution in [0, 0.1) is 10.1 Å². The van der Waals surface area contributed by atoms with E-state index in [1.807, 2.05) is 0 Å². The Bertz CT molecular complexity index is 628. The number of hydrogen-bond donors (Lipinski definition) is 1. The molecular weight excluding hydrogens is 268 g/mol. The number of pyridine rings is 1. The minimum atomic E-state index is -0.995. The molecule has 0 aliphatic heterocycles. The second-order valence-corrected chi connectivity index (χ2v) is 4.63. The molecule has 2 rings (SSSR count). The Morgan fingerprint density at radius 3 is 2.53 bits per heavy atom. The number of nitro groups is 1. The lowest BCUT2D eigenvalue weighted by Crippen LogP contribution is -1.94. The molecule has 96 valence electrons. The molecule has 6 nitrogen and oxygen atoms in total. The van der Waals surface area contributed by atoms with Crippen molar-refractivity contribution >= 4 is 23.4 Å². The van der Waals surface area contributed by atoms with Gasteiger partial charge in [-0.25, -0.2) is 9.78 Å². The molecule has 0 spiro atoms. The van der Waals surface area contributed by atoms with Gasteiger partial charge in [-0.2, -0.15) is 0 Å². The zero-order valence-corrected chi connectivity index (χ0v) is 10.3. The molecule has 0 aliphatic carbocycles. The quantitative estimate of drug-likeness (QED) is 0.681. The lowest BCUT2D eigenvalue weighted by Gasteiger charge is -2.01. The highest BCUT2D eigenvalue weighted by molar-refractivity contribution is 7.99. The van der Waals surface area contributed by atoms with Crippen molar-refractivity contribution in [2.75, 3.05) is 0 Å². The molecular formula is C12H8N2O4S. The van der Waals surface area contributed by atoms with Crippen molar-refractivity contribution in [1.82, 2.24) is 4.98 Å². The highest BCUT2D eigenvalue weighted by Gasteiger charge is 2.08. The zero-order valence-electron chi connectivity index (χ0n) is 9.52. The van der Waals surface area contributed by atoms with E-state index in [2.05, 4.69) is 4.98 Å². The molecule has 0 saturated carbocycles. The summed E-state index contributed by atoms with van der Waals surface area (Å²) in [6, 6.07) is 8.90. The van der Waals surface area contributed by atoms with E-state index in [1.165, 1.54) is 42.2 Å². The van der Waals surface area contributed by atoms with Crippen LogP contribution in [0.25, 0.3) is 0 Å². The fourth-order valence-electron chi connectivity index (χ4n) is 1.35. The highest BCUT2D eigenvalue weighted by Crippen LogP contribution is 2.28. The molecule has 0 aliphatic rings. The second-order valence-electron chi connectivity index (χ2n) is 3.54. The van der Waals surface area contributed by atoms with Crippen LogP contribution in [0.2, 0.25) is 0 Å². The largest absolute Gasteiger partial charge is 0.478 e. The molecule has 0 amide bonds. The van der Waals surface area contributed by atoms with Crippen molar-refractivity contribution in [2.45, 2.75) is 9.92 Å². The van der Waals surface area contributed by atoms with Crippen LogP contribution in [0.15, 0.2) is 52.5 Å². The predicted octanol–water partition coefficient (Wildman–Crippen LogP) is 2.84. The van der Waals surface area contributed by atoms with Crippen molar-refractivity contribution in [3.8, 4) is 0 Å². The smallest absolute Gasteiger partial charge is 0.335 e. The first-order chi connectivity index (χ1) is 9.06. The average Bonchev–Trinajstić information content (AvgIpc) is 2.39. The van der Waals surface area contributed by atoms with Gasteiger partial charge in [-0.3, -0.25) is 10.1 Å².